The maximum absolute atomic E-state index is 13.5. The molecule has 0 aliphatic heterocycles. The molecular formula is C11H8F2N2O2. The van der Waals surface area contributed by atoms with Gasteiger partial charge in [0.1, 0.15) is 22.9 Å². The highest BCUT2D eigenvalue weighted by atomic mass is 19.1. The number of halogens is 2. The summed E-state index contributed by atoms with van der Waals surface area (Å²) in [5.41, 5.74) is -0.149. The van der Waals surface area contributed by atoms with Gasteiger partial charge in [-0.2, -0.15) is 5.10 Å². The Morgan fingerprint density at radius 3 is 2.76 bits per heavy atom. The van der Waals surface area contributed by atoms with Crippen molar-refractivity contribution in [2.75, 3.05) is 0 Å². The fourth-order valence-corrected chi connectivity index (χ4v) is 1.56. The quantitative estimate of drug-likeness (QED) is 0.844. The van der Waals surface area contributed by atoms with Crippen molar-refractivity contribution in [1.82, 2.24) is 10.2 Å². The minimum absolute atomic E-state index is 0.105. The monoisotopic (exact) mass is 238 g/mol. The lowest BCUT2D eigenvalue weighted by atomic mass is 10.1. The lowest BCUT2D eigenvalue weighted by Gasteiger charge is -2.01. The van der Waals surface area contributed by atoms with Gasteiger partial charge in [0.25, 0.3) is 0 Å². The van der Waals surface area contributed by atoms with Crippen LogP contribution in [0.15, 0.2) is 18.2 Å². The number of carboxylic acids is 1. The molecule has 1 aromatic carbocycles. The van der Waals surface area contributed by atoms with Gasteiger partial charge in [-0.3, -0.25) is 5.10 Å². The molecule has 17 heavy (non-hydrogen) atoms. The second-order valence-electron chi connectivity index (χ2n) is 3.50. The predicted molar refractivity (Wildman–Crippen MR) is 55.6 cm³/mol. The zero-order valence-electron chi connectivity index (χ0n) is 8.79. The van der Waals surface area contributed by atoms with Crippen molar-refractivity contribution in [3.8, 4) is 11.3 Å². The lowest BCUT2D eigenvalue weighted by molar-refractivity contribution is 0.0697. The molecule has 1 aromatic heterocycles. The molecule has 0 aliphatic rings. The molecule has 1 heterocycles. The standard InChI is InChI=1S/C11H8F2N2O2/c1-5-9(11(16)17)10(15-14-5)7-4-6(12)2-3-8(7)13/h2-4H,1H3,(H,14,15)(H,16,17). The Bertz CT molecular complexity index is 593. The third kappa shape index (κ3) is 1.89. The zero-order valence-corrected chi connectivity index (χ0v) is 8.79. The molecule has 0 fully saturated rings. The maximum Gasteiger partial charge on any atom is 0.339 e. The summed E-state index contributed by atoms with van der Waals surface area (Å²) in [5.74, 6) is -2.62. The Morgan fingerprint density at radius 1 is 1.41 bits per heavy atom. The molecular weight excluding hydrogens is 230 g/mol. The number of nitrogens with one attached hydrogen (secondary N) is 1. The van der Waals surface area contributed by atoms with E-state index in [0.717, 1.165) is 18.2 Å². The summed E-state index contributed by atoms with van der Waals surface area (Å²) in [6.07, 6.45) is 0. The van der Waals surface area contributed by atoms with E-state index in [1.54, 1.807) is 0 Å². The predicted octanol–water partition coefficient (Wildman–Crippen LogP) is 2.36. The van der Waals surface area contributed by atoms with Crippen LogP contribution < -0.4 is 0 Å². The minimum atomic E-state index is -1.24. The molecule has 0 saturated heterocycles. The molecule has 2 rings (SSSR count). The van der Waals surface area contributed by atoms with Crippen molar-refractivity contribution in [3.05, 3.63) is 41.1 Å². The van der Waals surface area contributed by atoms with Crippen molar-refractivity contribution < 1.29 is 18.7 Å². The molecule has 4 nitrogen and oxygen atoms in total. The van der Waals surface area contributed by atoms with Gasteiger partial charge in [0.2, 0.25) is 0 Å². The van der Waals surface area contributed by atoms with Crippen LogP contribution in [0.4, 0.5) is 8.78 Å². The van der Waals surface area contributed by atoms with E-state index in [4.69, 9.17) is 5.11 Å². The van der Waals surface area contributed by atoms with Gasteiger partial charge in [-0.25, -0.2) is 13.6 Å². The number of aromatic amines is 1. The first-order valence-electron chi connectivity index (χ1n) is 4.74. The third-order valence-corrected chi connectivity index (χ3v) is 2.34. The molecule has 6 heteroatoms. The van der Waals surface area contributed by atoms with Crippen LogP contribution in [0.2, 0.25) is 0 Å². The highest BCUT2D eigenvalue weighted by molar-refractivity contribution is 5.96. The first-order valence-corrected chi connectivity index (χ1v) is 4.74. The molecule has 0 amide bonds. The molecule has 0 bridgehead atoms. The number of hydrogen-bond donors (Lipinski definition) is 2. The largest absolute Gasteiger partial charge is 0.478 e. The van der Waals surface area contributed by atoms with Crippen molar-refractivity contribution in [1.29, 1.82) is 0 Å². The van der Waals surface area contributed by atoms with Gasteiger partial charge >= 0.3 is 5.97 Å². The second kappa shape index (κ2) is 3.97. The minimum Gasteiger partial charge on any atom is -0.478 e. The highest BCUT2D eigenvalue weighted by Gasteiger charge is 2.21. The van der Waals surface area contributed by atoms with Crippen LogP contribution >= 0.6 is 0 Å². The molecule has 0 aliphatic carbocycles. The molecule has 0 atom stereocenters. The van der Waals surface area contributed by atoms with Crippen LogP contribution in [0, 0.1) is 18.6 Å². The maximum atomic E-state index is 13.5. The van der Waals surface area contributed by atoms with Crippen molar-refractivity contribution >= 4 is 5.97 Å². The van der Waals surface area contributed by atoms with Crippen molar-refractivity contribution in [2.45, 2.75) is 6.92 Å². The lowest BCUT2D eigenvalue weighted by Crippen LogP contribution is -2.00. The topological polar surface area (TPSA) is 66.0 Å². The summed E-state index contributed by atoms with van der Waals surface area (Å²) >= 11 is 0. The smallest absolute Gasteiger partial charge is 0.339 e. The van der Waals surface area contributed by atoms with E-state index in [1.807, 2.05) is 0 Å². The number of aromatic nitrogens is 2. The number of hydrogen-bond acceptors (Lipinski definition) is 2. The fraction of sp³-hybridized carbons (Fsp3) is 0.0909. The fourth-order valence-electron chi connectivity index (χ4n) is 1.56. The molecule has 0 saturated carbocycles. The Morgan fingerprint density at radius 2 is 2.12 bits per heavy atom. The number of carbonyl (C=O) groups is 1. The number of aromatic carboxylic acids is 1. The van der Waals surface area contributed by atoms with Crippen LogP contribution in [0.3, 0.4) is 0 Å². The van der Waals surface area contributed by atoms with Gasteiger partial charge in [-0.05, 0) is 25.1 Å². The summed E-state index contributed by atoms with van der Waals surface area (Å²) in [6, 6.07) is 2.80. The van der Waals surface area contributed by atoms with Crippen LogP contribution in [0.5, 0.6) is 0 Å². The van der Waals surface area contributed by atoms with Gasteiger partial charge < -0.3 is 5.11 Å². The Labute approximate surface area is 94.9 Å². The normalized spacial score (nSPS) is 10.5. The molecule has 0 radical (unpaired) electrons. The van der Waals surface area contributed by atoms with Crippen LogP contribution in [0.25, 0.3) is 11.3 Å². The molecule has 0 unspecified atom stereocenters. The third-order valence-electron chi connectivity index (χ3n) is 2.34. The van der Waals surface area contributed by atoms with Gasteiger partial charge in [0.05, 0.1) is 0 Å². The number of benzene rings is 1. The number of nitrogens with zero attached hydrogens (tertiary/aromatic N) is 1. The van der Waals surface area contributed by atoms with Crippen molar-refractivity contribution in [2.24, 2.45) is 0 Å². The molecule has 0 spiro atoms. The SMILES string of the molecule is Cc1[nH]nc(-c2cc(F)ccc2F)c1C(=O)O. The van der Waals surface area contributed by atoms with E-state index in [1.165, 1.54) is 6.92 Å². The summed E-state index contributed by atoms with van der Waals surface area (Å²) in [6.45, 7) is 1.50. The number of aryl methyl sites for hydroxylation is 1. The van der Waals surface area contributed by atoms with Crippen molar-refractivity contribution in [3.63, 3.8) is 0 Å². The molecule has 88 valence electrons. The number of carboxylic acid groups (broad SMARTS) is 1. The van der Waals surface area contributed by atoms with E-state index < -0.39 is 17.6 Å². The van der Waals surface area contributed by atoms with E-state index in [-0.39, 0.29) is 22.5 Å². The second-order valence-corrected chi connectivity index (χ2v) is 3.50. The Hall–Kier alpha value is -2.24. The van der Waals surface area contributed by atoms with Crippen LogP contribution in [-0.2, 0) is 0 Å². The van der Waals surface area contributed by atoms with Gasteiger partial charge in [0.15, 0.2) is 0 Å². The van der Waals surface area contributed by atoms with E-state index in [2.05, 4.69) is 10.2 Å². The number of rotatable bonds is 2. The Kier molecular flexibility index (Phi) is 2.63. The average molecular weight is 238 g/mol. The Balaban J connectivity index is 2.68. The van der Waals surface area contributed by atoms with Gasteiger partial charge in [0, 0.05) is 11.3 Å². The van der Waals surface area contributed by atoms with Gasteiger partial charge in [-0.15, -0.1) is 0 Å². The van der Waals surface area contributed by atoms with E-state index in [0.29, 0.717) is 0 Å². The average Bonchev–Trinajstić information content (AvgIpc) is 2.64. The van der Waals surface area contributed by atoms with E-state index >= 15 is 0 Å². The summed E-state index contributed by atoms with van der Waals surface area (Å²) in [7, 11) is 0. The van der Waals surface area contributed by atoms with Crippen LogP contribution in [-0.4, -0.2) is 21.3 Å². The summed E-state index contributed by atoms with van der Waals surface area (Å²) in [4.78, 5) is 11.0. The van der Waals surface area contributed by atoms with Gasteiger partial charge in [-0.1, -0.05) is 0 Å². The van der Waals surface area contributed by atoms with E-state index in [9.17, 15) is 13.6 Å². The van der Waals surface area contributed by atoms with Crippen LogP contribution in [0.1, 0.15) is 16.1 Å². The molecule has 2 aromatic rings. The number of H-pyrrole nitrogens is 1. The summed E-state index contributed by atoms with van der Waals surface area (Å²) in [5, 5.41) is 15.1. The first-order chi connectivity index (χ1) is 8.00. The molecule has 2 N–H and O–H groups in total. The first kappa shape index (κ1) is 11.3. The highest BCUT2D eigenvalue weighted by Crippen LogP contribution is 2.26. The zero-order chi connectivity index (χ0) is 12.6. The summed E-state index contributed by atoms with van der Waals surface area (Å²) < 4.78 is 26.5.